The van der Waals surface area contributed by atoms with Crippen molar-refractivity contribution in [3.8, 4) is 0 Å². The van der Waals surface area contributed by atoms with Gasteiger partial charge in [-0.2, -0.15) is 0 Å². The zero-order chi connectivity index (χ0) is 14.8. The summed E-state index contributed by atoms with van der Waals surface area (Å²) < 4.78 is 23.4. The van der Waals surface area contributed by atoms with E-state index in [1.165, 1.54) is 6.07 Å². The molecular weight excluding hydrogens is 261 g/mol. The lowest BCUT2D eigenvalue weighted by molar-refractivity contribution is 0.181. The van der Waals surface area contributed by atoms with Gasteiger partial charge in [0.05, 0.1) is 13.2 Å². The first kappa shape index (κ1) is 16.4. The molecule has 0 amide bonds. The molecule has 2 N–H and O–H groups in total. The molecule has 6 heteroatoms. The van der Waals surface area contributed by atoms with Gasteiger partial charge >= 0.3 is 0 Å². The summed E-state index contributed by atoms with van der Waals surface area (Å²) in [6.07, 6.45) is 0. The summed E-state index contributed by atoms with van der Waals surface area (Å²) in [4.78, 5) is 4.09. The zero-order valence-corrected chi connectivity index (χ0v) is 12.2. The van der Waals surface area contributed by atoms with Crippen molar-refractivity contribution in [3.05, 3.63) is 35.1 Å². The van der Waals surface area contributed by atoms with Gasteiger partial charge in [-0.15, -0.1) is 0 Å². The standard InChI is InChI=1S/C14H22FN3O2/c1-16-14(17-6-7-19-2)18-9-11-4-5-13(15)12(8-11)10-20-3/h4-5,8H,6-7,9-10H2,1-3H3,(H2,16,17,18). The molecule has 1 aromatic rings. The first-order chi connectivity index (χ1) is 9.71. The summed E-state index contributed by atoms with van der Waals surface area (Å²) in [6, 6.07) is 4.98. The van der Waals surface area contributed by atoms with E-state index in [1.807, 2.05) is 0 Å². The summed E-state index contributed by atoms with van der Waals surface area (Å²) in [6.45, 7) is 2.11. The molecule has 0 bridgehead atoms. The van der Waals surface area contributed by atoms with Crippen molar-refractivity contribution < 1.29 is 13.9 Å². The van der Waals surface area contributed by atoms with E-state index in [0.717, 1.165) is 5.56 Å². The lowest BCUT2D eigenvalue weighted by Crippen LogP contribution is -2.38. The first-order valence-corrected chi connectivity index (χ1v) is 6.41. The van der Waals surface area contributed by atoms with E-state index in [2.05, 4.69) is 15.6 Å². The lowest BCUT2D eigenvalue weighted by Gasteiger charge is -2.12. The van der Waals surface area contributed by atoms with Crippen molar-refractivity contribution in [2.24, 2.45) is 4.99 Å². The number of aliphatic imine (C=N–C) groups is 1. The Hall–Kier alpha value is -1.66. The second-order valence-electron chi connectivity index (χ2n) is 4.20. The van der Waals surface area contributed by atoms with Gasteiger partial charge in [0.25, 0.3) is 0 Å². The molecule has 1 aromatic carbocycles. The molecule has 0 radical (unpaired) electrons. The minimum atomic E-state index is -0.252. The van der Waals surface area contributed by atoms with Crippen LogP contribution >= 0.6 is 0 Å². The van der Waals surface area contributed by atoms with Crippen LogP contribution in [0.2, 0.25) is 0 Å². The van der Waals surface area contributed by atoms with Gasteiger partial charge in [-0.25, -0.2) is 4.39 Å². The Morgan fingerprint density at radius 1 is 1.25 bits per heavy atom. The molecule has 0 saturated heterocycles. The lowest BCUT2D eigenvalue weighted by atomic mass is 10.1. The molecule has 0 saturated carbocycles. The van der Waals surface area contributed by atoms with Crippen LogP contribution in [0.4, 0.5) is 4.39 Å². The molecule has 20 heavy (non-hydrogen) atoms. The number of hydrogen-bond acceptors (Lipinski definition) is 3. The molecule has 0 aliphatic rings. The van der Waals surface area contributed by atoms with Crippen LogP contribution in [0.3, 0.4) is 0 Å². The van der Waals surface area contributed by atoms with Crippen molar-refractivity contribution in [1.82, 2.24) is 10.6 Å². The second kappa shape index (κ2) is 9.28. The molecule has 112 valence electrons. The van der Waals surface area contributed by atoms with Gasteiger partial charge in [0, 0.05) is 39.9 Å². The van der Waals surface area contributed by atoms with Gasteiger partial charge in [-0.3, -0.25) is 4.99 Å². The van der Waals surface area contributed by atoms with Crippen LogP contribution in [-0.4, -0.2) is 40.4 Å². The van der Waals surface area contributed by atoms with E-state index in [-0.39, 0.29) is 12.4 Å². The van der Waals surface area contributed by atoms with Crippen LogP contribution < -0.4 is 10.6 Å². The molecule has 0 unspecified atom stereocenters. The molecule has 0 aromatic heterocycles. The molecule has 0 spiro atoms. The van der Waals surface area contributed by atoms with Gasteiger partial charge < -0.3 is 20.1 Å². The number of nitrogens with one attached hydrogen (secondary N) is 2. The van der Waals surface area contributed by atoms with Crippen LogP contribution in [0.1, 0.15) is 11.1 Å². The van der Waals surface area contributed by atoms with E-state index >= 15 is 0 Å². The fraction of sp³-hybridized carbons (Fsp3) is 0.500. The van der Waals surface area contributed by atoms with Crippen LogP contribution in [0.25, 0.3) is 0 Å². The predicted molar refractivity (Wildman–Crippen MR) is 77.2 cm³/mol. The Labute approximate surface area is 119 Å². The Bertz CT molecular complexity index is 438. The number of methoxy groups -OCH3 is 2. The Morgan fingerprint density at radius 3 is 2.70 bits per heavy atom. The molecule has 1 rings (SSSR count). The van der Waals surface area contributed by atoms with Crippen molar-refractivity contribution in [3.63, 3.8) is 0 Å². The van der Waals surface area contributed by atoms with Gasteiger partial charge in [0.1, 0.15) is 5.82 Å². The summed E-state index contributed by atoms with van der Waals surface area (Å²) in [5.41, 5.74) is 1.52. The quantitative estimate of drug-likeness (QED) is 0.450. The number of guanidine groups is 1. The van der Waals surface area contributed by atoms with Crippen molar-refractivity contribution in [1.29, 1.82) is 0 Å². The van der Waals surface area contributed by atoms with Crippen LogP contribution in [-0.2, 0) is 22.6 Å². The third-order valence-electron chi connectivity index (χ3n) is 2.69. The third kappa shape index (κ3) is 5.54. The SMILES string of the molecule is CN=C(NCCOC)NCc1ccc(F)c(COC)c1. The van der Waals surface area contributed by atoms with Gasteiger partial charge in [0.2, 0.25) is 0 Å². The fourth-order valence-corrected chi connectivity index (χ4v) is 1.68. The average molecular weight is 283 g/mol. The maximum Gasteiger partial charge on any atom is 0.191 e. The van der Waals surface area contributed by atoms with Crippen molar-refractivity contribution in [2.45, 2.75) is 13.2 Å². The minimum Gasteiger partial charge on any atom is -0.383 e. The Balaban J connectivity index is 2.53. The molecule has 0 fully saturated rings. The smallest absolute Gasteiger partial charge is 0.191 e. The highest BCUT2D eigenvalue weighted by Crippen LogP contribution is 2.11. The number of nitrogens with zero attached hydrogens (tertiary/aromatic N) is 1. The van der Waals surface area contributed by atoms with E-state index in [9.17, 15) is 4.39 Å². The number of halogens is 1. The van der Waals surface area contributed by atoms with Crippen LogP contribution in [0.15, 0.2) is 23.2 Å². The summed E-state index contributed by atoms with van der Waals surface area (Å²) in [5.74, 6) is 0.429. The van der Waals surface area contributed by atoms with Gasteiger partial charge in [0.15, 0.2) is 5.96 Å². The maximum absolute atomic E-state index is 13.5. The Kier molecular flexibility index (Phi) is 7.60. The normalized spacial score (nSPS) is 11.5. The Morgan fingerprint density at radius 2 is 2.05 bits per heavy atom. The van der Waals surface area contributed by atoms with Crippen LogP contribution in [0, 0.1) is 5.82 Å². The van der Waals surface area contributed by atoms with Crippen molar-refractivity contribution in [2.75, 3.05) is 34.4 Å². The molecule has 5 nitrogen and oxygen atoms in total. The molecule has 0 aliphatic carbocycles. The predicted octanol–water partition coefficient (Wildman–Crippen LogP) is 1.28. The van der Waals surface area contributed by atoms with Crippen LogP contribution in [0.5, 0.6) is 0 Å². The topological polar surface area (TPSA) is 54.9 Å². The zero-order valence-electron chi connectivity index (χ0n) is 12.2. The number of benzene rings is 1. The van der Waals surface area contributed by atoms with E-state index in [1.54, 1.807) is 33.4 Å². The fourth-order valence-electron chi connectivity index (χ4n) is 1.68. The average Bonchev–Trinajstić information content (AvgIpc) is 2.46. The largest absolute Gasteiger partial charge is 0.383 e. The first-order valence-electron chi connectivity index (χ1n) is 6.41. The monoisotopic (exact) mass is 283 g/mol. The second-order valence-corrected chi connectivity index (χ2v) is 4.20. The number of hydrogen-bond donors (Lipinski definition) is 2. The number of rotatable bonds is 7. The summed E-state index contributed by atoms with van der Waals surface area (Å²) in [7, 11) is 4.89. The summed E-state index contributed by atoms with van der Waals surface area (Å²) in [5, 5.41) is 6.26. The highest BCUT2D eigenvalue weighted by molar-refractivity contribution is 5.79. The van der Waals surface area contributed by atoms with Crippen molar-refractivity contribution >= 4 is 5.96 Å². The third-order valence-corrected chi connectivity index (χ3v) is 2.69. The minimum absolute atomic E-state index is 0.252. The highest BCUT2D eigenvalue weighted by atomic mass is 19.1. The summed E-state index contributed by atoms with van der Waals surface area (Å²) >= 11 is 0. The molecule has 0 aliphatic heterocycles. The molecule has 0 heterocycles. The molecular formula is C14H22FN3O2. The maximum atomic E-state index is 13.5. The highest BCUT2D eigenvalue weighted by Gasteiger charge is 2.04. The van der Waals surface area contributed by atoms with E-state index in [4.69, 9.17) is 9.47 Å². The van der Waals surface area contributed by atoms with E-state index < -0.39 is 0 Å². The van der Waals surface area contributed by atoms with Gasteiger partial charge in [-0.05, 0) is 17.7 Å². The van der Waals surface area contributed by atoms with Gasteiger partial charge in [-0.1, -0.05) is 6.07 Å². The number of ether oxygens (including phenoxy) is 2. The van der Waals surface area contributed by atoms with E-state index in [0.29, 0.717) is 31.2 Å². The molecule has 0 atom stereocenters.